The maximum Gasteiger partial charge on any atom is 0.226 e. The van der Waals surface area contributed by atoms with Gasteiger partial charge < -0.3 is 10.2 Å². The molecule has 1 aromatic rings. The first kappa shape index (κ1) is 17.9. The van der Waals surface area contributed by atoms with Crippen LogP contribution in [0.25, 0.3) is 0 Å². The molecule has 22 heavy (non-hydrogen) atoms. The fourth-order valence-electron chi connectivity index (χ4n) is 3.49. The summed E-state index contributed by atoms with van der Waals surface area (Å²) < 4.78 is 0. The van der Waals surface area contributed by atoms with Crippen molar-refractivity contribution >= 4 is 41.5 Å². The van der Waals surface area contributed by atoms with Crippen molar-refractivity contribution in [1.29, 1.82) is 0 Å². The van der Waals surface area contributed by atoms with Gasteiger partial charge in [-0.15, -0.1) is 12.4 Å². The lowest BCUT2D eigenvalue weighted by molar-refractivity contribution is -0.132. The standard InChI is InChI=1S/C16H20Cl2N2O.ClH/c1-20(10-11-6-12(17)8-13(18)7-11)15(21)14-9-16(14)2-4-19-5-3-16;/h6-8,14,19H,2-5,9-10H2,1H3;1H. The Balaban J connectivity index is 0.00000176. The Labute approximate surface area is 147 Å². The Morgan fingerprint density at radius 3 is 2.45 bits per heavy atom. The summed E-state index contributed by atoms with van der Waals surface area (Å²) in [4.78, 5) is 14.4. The number of halogens is 3. The van der Waals surface area contributed by atoms with E-state index in [1.165, 1.54) is 0 Å². The molecule has 2 aliphatic rings. The second-order valence-corrected chi connectivity index (χ2v) is 7.21. The molecule has 0 bridgehead atoms. The van der Waals surface area contributed by atoms with E-state index in [1.54, 1.807) is 6.07 Å². The van der Waals surface area contributed by atoms with Gasteiger partial charge in [-0.2, -0.15) is 0 Å². The minimum atomic E-state index is 0. The highest BCUT2D eigenvalue weighted by molar-refractivity contribution is 6.34. The maximum atomic E-state index is 12.6. The molecule has 0 radical (unpaired) electrons. The summed E-state index contributed by atoms with van der Waals surface area (Å²) in [5, 5.41) is 4.59. The fourth-order valence-corrected chi connectivity index (χ4v) is 4.07. The molecule has 1 aliphatic heterocycles. The van der Waals surface area contributed by atoms with Crippen molar-refractivity contribution < 1.29 is 4.79 Å². The predicted molar refractivity (Wildman–Crippen MR) is 92.8 cm³/mol. The second-order valence-electron chi connectivity index (χ2n) is 6.34. The third-order valence-electron chi connectivity index (χ3n) is 4.81. The van der Waals surface area contributed by atoms with Crippen LogP contribution in [0.5, 0.6) is 0 Å². The predicted octanol–water partition coefficient (Wildman–Crippen LogP) is 3.76. The SMILES string of the molecule is CN(Cc1cc(Cl)cc(Cl)c1)C(=O)C1CC12CCNCC2.Cl. The molecule has 1 aliphatic carbocycles. The first-order valence-electron chi connectivity index (χ1n) is 7.41. The molecule has 0 aromatic heterocycles. The third kappa shape index (κ3) is 3.70. The summed E-state index contributed by atoms with van der Waals surface area (Å²) >= 11 is 12.0. The Bertz CT molecular complexity index is 538. The average molecular weight is 364 g/mol. The number of hydrogen-bond acceptors (Lipinski definition) is 2. The highest BCUT2D eigenvalue weighted by Crippen LogP contribution is 2.59. The molecule has 1 saturated carbocycles. The quantitative estimate of drug-likeness (QED) is 0.886. The number of carbonyl (C=O) groups excluding carboxylic acids is 1. The van der Waals surface area contributed by atoms with E-state index in [-0.39, 0.29) is 29.6 Å². The largest absolute Gasteiger partial charge is 0.341 e. The molecule has 1 saturated heterocycles. The van der Waals surface area contributed by atoms with E-state index in [0.717, 1.165) is 37.9 Å². The maximum absolute atomic E-state index is 12.6. The normalized spacial score (nSPS) is 22.0. The molecule has 1 unspecified atom stereocenters. The third-order valence-corrected chi connectivity index (χ3v) is 5.24. The number of rotatable bonds is 3. The summed E-state index contributed by atoms with van der Waals surface area (Å²) in [7, 11) is 1.87. The van der Waals surface area contributed by atoms with Crippen LogP contribution in [0.4, 0.5) is 0 Å². The molecular formula is C16H21Cl3N2O. The molecule has 1 amide bonds. The van der Waals surface area contributed by atoms with E-state index in [9.17, 15) is 4.79 Å². The smallest absolute Gasteiger partial charge is 0.226 e. The highest BCUT2D eigenvalue weighted by atomic mass is 35.5. The molecule has 1 aromatic carbocycles. The fraction of sp³-hybridized carbons (Fsp3) is 0.562. The van der Waals surface area contributed by atoms with E-state index in [0.29, 0.717) is 16.6 Å². The van der Waals surface area contributed by atoms with E-state index in [4.69, 9.17) is 23.2 Å². The average Bonchev–Trinajstić information content (AvgIpc) is 3.10. The number of hydrogen-bond donors (Lipinski definition) is 1. The molecular weight excluding hydrogens is 343 g/mol. The molecule has 1 spiro atoms. The van der Waals surface area contributed by atoms with Crippen LogP contribution < -0.4 is 5.32 Å². The van der Waals surface area contributed by atoms with Crippen molar-refractivity contribution in [3.05, 3.63) is 33.8 Å². The lowest BCUT2D eigenvalue weighted by Crippen LogP contribution is -2.34. The monoisotopic (exact) mass is 362 g/mol. The van der Waals surface area contributed by atoms with Gasteiger partial charge in [0.1, 0.15) is 0 Å². The van der Waals surface area contributed by atoms with Crippen LogP contribution in [0.2, 0.25) is 10.0 Å². The lowest BCUT2D eigenvalue weighted by atomic mass is 9.91. The van der Waals surface area contributed by atoms with Crippen molar-refractivity contribution in [1.82, 2.24) is 10.2 Å². The summed E-state index contributed by atoms with van der Waals surface area (Å²) in [5.74, 6) is 0.465. The van der Waals surface area contributed by atoms with Crippen LogP contribution in [0.1, 0.15) is 24.8 Å². The van der Waals surface area contributed by atoms with Crippen LogP contribution in [0, 0.1) is 11.3 Å². The van der Waals surface area contributed by atoms with Crippen molar-refractivity contribution in [3.63, 3.8) is 0 Å². The molecule has 1 N–H and O–H groups in total. The number of carbonyl (C=O) groups is 1. The summed E-state index contributed by atoms with van der Waals surface area (Å²) in [6, 6.07) is 5.44. The number of nitrogens with zero attached hydrogens (tertiary/aromatic N) is 1. The van der Waals surface area contributed by atoms with Gasteiger partial charge in [0, 0.05) is 29.6 Å². The highest BCUT2D eigenvalue weighted by Gasteiger charge is 2.58. The van der Waals surface area contributed by atoms with Crippen LogP contribution >= 0.6 is 35.6 Å². The Hall–Kier alpha value is -0.480. The Morgan fingerprint density at radius 1 is 1.27 bits per heavy atom. The summed E-state index contributed by atoms with van der Waals surface area (Å²) in [5.41, 5.74) is 1.26. The van der Waals surface area contributed by atoms with Crippen molar-refractivity contribution in [2.24, 2.45) is 11.3 Å². The Kier molecular flexibility index (Phi) is 5.65. The first-order valence-corrected chi connectivity index (χ1v) is 8.16. The number of benzene rings is 1. The van der Waals surface area contributed by atoms with Crippen molar-refractivity contribution in [2.75, 3.05) is 20.1 Å². The zero-order valence-corrected chi connectivity index (χ0v) is 14.9. The molecule has 1 atom stereocenters. The topological polar surface area (TPSA) is 32.3 Å². The second kappa shape index (κ2) is 6.96. The van der Waals surface area contributed by atoms with E-state index in [1.807, 2.05) is 24.1 Å². The minimum absolute atomic E-state index is 0. The summed E-state index contributed by atoms with van der Waals surface area (Å²) in [6.07, 6.45) is 3.30. The van der Waals surface area contributed by atoms with Gasteiger partial charge in [-0.1, -0.05) is 23.2 Å². The van der Waals surface area contributed by atoms with Gasteiger partial charge in [0.2, 0.25) is 5.91 Å². The number of amides is 1. The van der Waals surface area contributed by atoms with Crippen LogP contribution in [-0.2, 0) is 11.3 Å². The Morgan fingerprint density at radius 2 is 1.86 bits per heavy atom. The van der Waals surface area contributed by atoms with Crippen LogP contribution in [-0.4, -0.2) is 30.9 Å². The van der Waals surface area contributed by atoms with Gasteiger partial charge in [-0.3, -0.25) is 4.79 Å². The van der Waals surface area contributed by atoms with Crippen molar-refractivity contribution in [2.45, 2.75) is 25.8 Å². The van der Waals surface area contributed by atoms with E-state index >= 15 is 0 Å². The molecule has 2 fully saturated rings. The number of nitrogens with one attached hydrogen (secondary N) is 1. The minimum Gasteiger partial charge on any atom is -0.341 e. The van der Waals surface area contributed by atoms with Gasteiger partial charge in [0.05, 0.1) is 0 Å². The number of piperidine rings is 1. The summed E-state index contributed by atoms with van der Waals surface area (Å²) in [6.45, 7) is 2.64. The van der Waals surface area contributed by atoms with Crippen molar-refractivity contribution in [3.8, 4) is 0 Å². The van der Waals surface area contributed by atoms with Gasteiger partial charge in [-0.05, 0) is 61.5 Å². The van der Waals surface area contributed by atoms with Crippen LogP contribution in [0.3, 0.4) is 0 Å². The van der Waals surface area contributed by atoms with Gasteiger partial charge in [-0.25, -0.2) is 0 Å². The first-order chi connectivity index (χ1) is 10.00. The zero-order chi connectivity index (χ0) is 15.0. The van der Waals surface area contributed by atoms with Gasteiger partial charge in [0.15, 0.2) is 0 Å². The molecule has 1 heterocycles. The zero-order valence-electron chi connectivity index (χ0n) is 12.6. The van der Waals surface area contributed by atoms with E-state index < -0.39 is 0 Å². The van der Waals surface area contributed by atoms with E-state index in [2.05, 4.69) is 5.32 Å². The molecule has 122 valence electrons. The molecule has 3 rings (SSSR count). The molecule has 3 nitrogen and oxygen atoms in total. The molecule has 6 heteroatoms. The van der Waals surface area contributed by atoms with Gasteiger partial charge >= 0.3 is 0 Å². The van der Waals surface area contributed by atoms with Crippen LogP contribution in [0.15, 0.2) is 18.2 Å². The van der Waals surface area contributed by atoms with Gasteiger partial charge in [0.25, 0.3) is 0 Å². The lowest BCUT2D eigenvalue weighted by Gasteiger charge is -2.25.